The number of aliphatic hydroxyl groups is 2. The summed E-state index contributed by atoms with van der Waals surface area (Å²) in [5, 5.41) is 17.8. The van der Waals surface area contributed by atoms with E-state index >= 15 is 0 Å². The third-order valence-electron chi connectivity index (χ3n) is 2.26. The van der Waals surface area contributed by atoms with Crippen molar-refractivity contribution in [2.75, 3.05) is 32.9 Å². The predicted molar refractivity (Wildman–Crippen MR) is 44.9 cm³/mol. The lowest BCUT2D eigenvalue weighted by Crippen LogP contribution is -2.48. The fraction of sp³-hybridized carbons (Fsp3) is 1.00. The van der Waals surface area contributed by atoms with E-state index in [-0.39, 0.29) is 25.4 Å². The van der Waals surface area contributed by atoms with Gasteiger partial charge in [-0.25, -0.2) is 0 Å². The van der Waals surface area contributed by atoms with Crippen LogP contribution >= 0.6 is 0 Å². The Hall–Kier alpha value is -0.160. The lowest BCUT2D eigenvalue weighted by Gasteiger charge is -2.35. The van der Waals surface area contributed by atoms with Crippen LogP contribution in [0.2, 0.25) is 0 Å². The Kier molecular flexibility index (Phi) is 3.94. The third kappa shape index (κ3) is 2.42. The second kappa shape index (κ2) is 4.77. The number of hydrogen-bond donors (Lipinski definition) is 2. The molecule has 1 rings (SSSR count). The average molecular weight is 175 g/mol. The Bertz CT molecular complexity index is 129. The molecule has 1 aliphatic rings. The van der Waals surface area contributed by atoms with Gasteiger partial charge in [-0.2, -0.15) is 0 Å². The first-order chi connectivity index (χ1) is 5.77. The van der Waals surface area contributed by atoms with E-state index in [0.29, 0.717) is 6.61 Å². The van der Waals surface area contributed by atoms with E-state index in [9.17, 15) is 0 Å². The van der Waals surface area contributed by atoms with Gasteiger partial charge in [-0.1, -0.05) is 0 Å². The summed E-state index contributed by atoms with van der Waals surface area (Å²) < 4.78 is 5.28. The Morgan fingerprint density at radius 1 is 1.58 bits per heavy atom. The summed E-state index contributed by atoms with van der Waals surface area (Å²) in [6.07, 6.45) is -0.0762. The number of rotatable bonds is 3. The Morgan fingerprint density at radius 2 is 2.33 bits per heavy atom. The Balaban J connectivity index is 2.34. The summed E-state index contributed by atoms with van der Waals surface area (Å²) in [6.45, 7) is 4.42. The van der Waals surface area contributed by atoms with E-state index in [2.05, 4.69) is 4.90 Å². The van der Waals surface area contributed by atoms with Gasteiger partial charge in [0.1, 0.15) is 0 Å². The summed E-state index contributed by atoms with van der Waals surface area (Å²) in [4.78, 5) is 2.13. The molecule has 1 aliphatic heterocycles. The van der Waals surface area contributed by atoms with E-state index < -0.39 is 0 Å². The number of aliphatic hydroxyl groups excluding tert-OH is 2. The molecule has 2 N–H and O–H groups in total. The second-order valence-electron chi connectivity index (χ2n) is 3.20. The molecule has 1 heterocycles. The molecule has 2 atom stereocenters. The van der Waals surface area contributed by atoms with Gasteiger partial charge < -0.3 is 14.9 Å². The molecule has 0 amide bonds. The van der Waals surface area contributed by atoms with Crippen molar-refractivity contribution in [2.45, 2.75) is 19.1 Å². The van der Waals surface area contributed by atoms with Gasteiger partial charge in [0, 0.05) is 19.1 Å². The number of hydrogen-bond acceptors (Lipinski definition) is 4. The van der Waals surface area contributed by atoms with Crippen molar-refractivity contribution >= 4 is 0 Å². The van der Waals surface area contributed by atoms with Crippen LogP contribution in [-0.4, -0.2) is 60.2 Å². The monoisotopic (exact) mass is 175 g/mol. The summed E-state index contributed by atoms with van der Waals surface area (Å²) in [5.74, 6) is 0. The van der Waals surface area contributed by atoms with Gasteiger partial charge >= 0.3 is 0 Å². The highest BCUT2D eigenvalue weighted by Crippen LogP contribution is 2.07. The smallest absolute Gasteiger partial charge is 0.0933 e. The molecule has 0 spiro atoms. The van der Waals surface area contributed by atoms with Crippen LogP contribution in [0, 0.1) is 0 Å². The van der Waals surface area contributed by atoms with Crippen LogP contribution in [0.1, 0.15) is 6.92 Å². The first-order valence-corrected chi connectivity index (χ1v) is 4.35. The van der Waals surface area contributed by atoms with E-state index in [0.717, 1.165) is 13.1 Å². The standard InChI is InChI=1S/C8H17NO3/c1-7(5-10)9-2-3-12-8(4-9)6-11/h7-8,10-11H,2-6H2,1H3. The SMILES string of the molecule is CC(CO)N1CCOC(CO)C1. The van der Waals surface area contributed by atoms with E-state index in [1.807, 2.05) is 6.92 Å². The molecule has 4 nitrogen and oxygen atoms in total. The van der Waals surface area contributed by atoms with Crippen molar-refractivity contribution in [1.82, 2.24) is 4.90 Å². The highest BCUT2D eigenvalue weighted by Gasteiger charge is 2.22. The van der Waals surface area contributed by atoms with Crippen molar-refractivity contribution in [1.29, 1.82) is 0 Å². The number of ether oxygens (including phenoxy) is 1. The minimum absolute atomic E-state index is 0.0641. The molecule has 0 radical (unpaired) electrons. The number of morpholine rings is 1. The van der Waals surface area contributed by atoms with Gasteiger partial charge in [0.25, 0.3) is 0 Å². The van der Waals surface area contributed by atoms with Crippen LogP contribution in [0.5, 0.6) is 0 Å². The normalized spacial score (nSPS) is 28.8. The average Bonchev–Trinajstić information content (AvgIpc) is 2.17. The molecule has 0 saturated carbocycles. The zero-order valence-corrected chi connectivity index (χ0v) is 7.44. The molecule has 2 unspecified atom stereocenters. The molecule has 0 aromatic rings. The molecule has 72 valence electrons. The molecular weight excluding hydrogens is 158 g/mol. The van der Waals surface area contributed by atoms with Gasteiger partial charge in [0.15, 0.2) is 0 Å². The van der Waals surface area contributed by atoms with Crippen LogP contribution in [0.4, 0.5) is 0 Å². The van der Waals surface area contributed by atoms with Crippen molar-refractivity contribution < 1.29 is 14.9 Å². The molecule has 0 aromatic heterocycles. The molecule has 12 heavy (non-hydrogen) atoms. The summed E-state index contributed by atoms with van der Waals surface area (Å²) in [7, 11) is 0. The molecule has 0 aliphatic carbocycles. The lowest BCUT2D eigenvalue weighted by molar-refractivity contribution is -0.0678. The zero-order chi connectivity index (χ0) is 8.97. The third-order valence-corrected chi connectivity index (χ3v) is 2.26. The molecule has 1 fully saturated rings. The van der Waals surface area contributed by atoms with Crippen LogP contribution in [0.3, 0.4) is 0 Å². The Labute approximate surface area is 72.7 Å². The first-order valence-electron chi connectivity index (χ1n) is 4.35. The van der Waals surface area contributed by atoms with Gasteiger partial charge in [0.05, 0.1) is 25.9 Å². The maximum Gasteiger partial charge on any atom is 0.0933 e. The maximum atomic E-state index is 8.90. The van der Waals surface area contributed by atoms with Gasteiger partial charge in [-0.05, 0) is 6.92 Å². The van der Waals surface area contributed by atoms with E-state index in [1.54, 1.807) is 0 Å². The first kappa shape index (κ1) is 9.92. The van der Waals surface area contributed by atoms with Crippen molar-refractivity contribution in [2.24, 2.45) is 0 Å². The fourth-order valence-corrected chi connectivity index (χ4v) is 1.37. The minimum Gasteiger partial charge on any atom is -0.395 e. The van der Waals surface area contributed by atoms with E-state index in [1.165, 1.54) is 0 Å². The van der Waals surface area contributed by atoms with Crippen LogP contribution in [0.15, 0.2) is 0 Å². The topological polar surface area (TPSA) is 52.9 Å². The lowest BCUT2D eigenvalue weighted by atomic mass is 10.2. The van der Waals surface area contributed by atoms with Gasteiger partial charge in [0.2, 0.25) is 0 Å². The zero-order valence-electron chi connectivity index (χ0n) is 7.44. The van der Waals surface area contributed by atoms with Crippen molar-refractivity contribution in [3.63, 3.8) is 0 Å². The molecule has 4 heteroatoms. The summed E-state index contributed by atoms with van der Waals surface area (Å²) >= 11 is 0. The minimum atomic E-state index is -0.0762. The highest BCUT2D eigenvalue weighted by atomic mass is 16.5. The molecule has 0 aromatic carbocycles. The van der Waals surface area contributed by atoms with Crippen LogP contribution in [-0.2, 0) is 4.74 Å². The van der Waals surface area contributed by atoms with Gasteiger partial charge in [-0.3, -0.25) is 4.90 Å². The fourth-order valence-electron chi connectivity index (χ4n) is 1.37. The highest BCUT2D eigenvalue weighted by molar-refractivity contribution is 4.74. The van der Waals surface area contributed by atoms with E-state index in [4.69, 9.17) is 14.9 Å². The van der Waals surface area contributed by atoms with Crippen LogP contribution < -0.4 is 0 Å². The Morgan fingerprint density at radius 3 is 2.92 bits per heavy atom. The molecule has 0 bridgehead atoms. The van der Waals surface area contributed by atoms with Crippen molar-refractivity contribution in [3.05, 3.63) is 0 Å². The largest absolute Gasteiger partial charge is 0.395 e. The number of nitrogens with zero attached hydrogens (tertiary/aromatic N) is 1. The van der Waals surface area contributed by atoms with Crippen LogP contribution in [0.25, 0.3) is 0 Å². The molecular formula is C8H17NO3. The quantitative estimate of drug-likeness (QED) is 0.581. The predicted octanol–water partition coefficient (Wildman–Crippen LogP) is -0.940. The summed E-state index contributed by atoms with van der Waals surface area (Å²) in [5.41, 5.74) is 0. The van der Waals surface area contributed by atoms with Crippen molar-refractivity contribution in [3.8, 4) is 0 Å². The second-order valence-corrected chi connectivity index (χ2v) is 3.20. The van der Waals surface area contributed by atoms with Gasteiger partial charge in [-0.15, -0.1) is 0 Å². The molecule has 1 saturated heterocycles. The maximum absolute atomic E-state index is 8.90. The summed E-state index contributed by atoms with van der Waals surface area (Å²) in [6, 6.07) is 0.169.